The standard InChI is InChI=1S/C21H19F3N2O2S/c1-2-28-18-8-6-15(7-9-18)20-26-17(13-29-20)11-19(27)25-12-14-4-3-5-16(10-14)21(22,23)24/h3-10,13H,2,11-12H2,1H3,(H,25,27). The van der Waals surface area contributed by atoms with Gasteiger partial charge in [-0.15, -0.1) is 11.3 Å². The predicted molar refractivity (Wildman–Crippen MR) is 106 cm³/mol. The molecule has 1 amide bonds. The minimum atomic E-state index is -4.40. The number of hydrogen-bond acceptors (Lipinski definition) is 4. The second kappa shape index (κ2) is 9.09. The molecule has 1 heterocycles. The van der Waals surface area contributed by atoms with Gasteiger partial charge in [0, 0.05) is 17.5 Å². The zero-order valence-electron chi connectivity index (χ0n) is 15.6. The zero-order chi connectivity index (χ0) is 20.9. The number of benzene rings is 2. The van der Waals surface area contributed by atoms with Crippen LogP contribution in [0.5, 0.6) is 5.75 Å². The van der Waals surface area contributed by atoms with Gasteiger partial charge in [0.05, 0.1) is 24.3 Å². The molecule has 1 N–H and O–H groups in total. The van der Waals surface area contributed by atoms with Crippen LogP contribution in [-0.2, 0) is 23.9 Å². The van der Waals surface area contributed by atoms with Crippen LogP contribution in [-0.4, -0.2) is 17.5 Å². The van der Waals surface area contributed by atoms with Gasteiger partial charge in [0.15, 0.2) is 0 Å². The van der Waals surface area contributed by atoms with Crippen LogP contribution in [0.25, 0.3) is 10.6 Å². The van der Waals surface area contributed by atoms with Gasteiger partial charge in [-0.25, -0.2) is 4.98 Å². The quantitative estimate of drug-likeness (QED) is 0.580. The first-order chi connectivity index (χ1) is 13.8. The molecule has 0 aliphatic heterocycles. The number of carbonyl (C=O) groups is 1. The minimum absolute atomic E-state index is 0.0264. The van der Waals surface area contributed by atoms with Crippen molar-refractivity contribution in [3.8, 4) is 16.3 Å². The fraction of sp³-hybridized carbons (Fsp3) is 0.238. The van der Waals surface area contributed by atoms with Gasteiger partial charge in [-0.05, 0) is 48.9 Å². The molecular formula is C21H19F3N2O2S. The second-order valence-electron chi connectivity index (χ2n) is 6.25. The maximum Gasteiger partial charge on any atom is 0.416 e. The number of hydrogen-bond donors (Lipinski definition) is 1. The van der Waals surface area contributed by atoms with E-state index >= 15 is 0 Å². The molecule has 1 aromatic heterocycles. The molecule has 3 rings (SSSR count). The van der Waals surface area contributed by atoms with Crippen molar-refractivity contribution in [2.75, 3.05) is 6.61 Å². The highest BCUT2D eigenvalue weighted by Crippen LogP contribution is 2.29. The van der Waals surface area contributed by atoms with Crippen molar-refractivity contribution < 1.29 is 22.7 Å². The van der Waals surface area contributed by atoms with Crippen molar-refractivity contribution in [2.45, 2.75) is 26.1 Å². The molecule has 0 aliphatic carbocycles. The van der Waals surface area contributed by atoms with Crippen molar-refractivity contribution in [3.63, 3.8) is 0 Å². The van der Waals surface area contributed by atoms with Gasteiger partial charge < -0.3 is 10.1 Å². The van der Waals surface area contributed by atoms with Gasteiger partial charge in [0.2, 0.25) is 5.91 Å². The number of aromatic nitrogens is 1. The molecular weight excluding hydrogens is 401 g/mol. The molecule has 4 nitrogen and oxygen atoms in total. The highest BCUT2D eigenvalue weighted by atomic mass is 32.1. The van der Waals surface area contributed by atoms with Crippen LogP contribution < -0.4 is 10.1 Å². The predicted octanol–water partition coefficient (Wildman–Crippen LogP) is 5.09. The van der Waals surface area contributed by atoms with Gasteiger partial charge in [0.1, 0.15) is 10.8 Å². The first-order valence-electron chi connectivity index (χ1n) is 8.95. The van der Waals surface area contributed by atoms with Crippen LogP contribution in [0.15, 0.2) is 53.9 Å². The topological polar surface area (TPSA) is 51.2 Å². The van der Waals surface area contributed by atoms with Crippen LogP contribution in [0.4, 0.5) is 13.2 Å². The first-order valence-corrected chi connectivity index (χ1v) is 9.83. The van der Waals surface area contributed by atoms with Crippen LogP contribution in [0.3, 0.4) is 0 Å². The highest BCUT2D eigenvalue weighted by Gasteiger charge is 2.30. The van der Waals surface area contributed by atoms with Crippen LogP contribution >= 0.6 is 11.3 Å². The molecule has 0 aliphatic rings. The van der Waals surface area contributed by atoms with Gasteiger partial charge >= 0.3 is 6.18 Å². The number of alkyl halides is 3. The Bertz CT molecular complexity index is 969. The van der Waals surface area contributed by atoms with Crippen molar-refractivity contribution in [1.29, 1.82) is 0 Å². The number of amides is 1. The van der Waals surface area contributed by atoms with Crippen molar-refractivity contribution in [3.05, 3.63) is 70.7 Å². The molecule has 0 radical (unpaired) electrons. The Balaban J connectivity index is 1.56. The molecule has 29 heavy (non-hydrogen) atoms. The Labute approximate surface area is 170 Å². The third-order valence-corrected chi connectivity index (χ3v) is 4.99. The molecule has 8 heteroatoms. The van der Waals surface area contributed by atoms with Gasteiger partial charge in [0.25, 0.3) is 0 Å². The van der Waals surface area contributed by atoms with Crippen molar-refractivity contribution in [1.82, 2.24) is 10.3 Å². The molecule has 0 atom stereocenters. The van der Waals surface area contributed by atoms with E-state index in [0.29, 0.717) is 17.9 Å². The van der Waals surface area contributed by atoms with E-state index in [-0.39, 0.29) is 18.9 Å². The summed E-state index contributed by atoms with van der Waals surface area (Å²) in [4.78, 5) is 16.6. The van der Waals surface area contributed by atoms with E-state index in [4.69, 9.17) is 4.74 Å². The summed E-state index contributed by atoms with van der Waals surface area (Å²) in [7, 11) is 0. The van der Waals surface area contributed by atoms with E-state index < -0.39 is 11.7 Å². The molecule has 0 saturated carbocycles. The molecule has 0 spiro atoms. The average Bonchev–Trinajstić information content (AvgIpc) is 3.15. The molecule has 0 saturated heterocycles. The maximum absolute atomic E-state index is 12.8. The first kappa shape index (κ1) is 20.9. The fourth-order valence-electron chi connectivity index (χ4n) is 2.67. The lowest BCUT2D eigenvalue weighted by Crippen LogP contribution is -2.24. The number of halogens is 3. The zero-order valence-corrected chi connectivity index (χ0v) is 16.4. The highest BCUT2D eigenvalue weighted by molar-refractivity contribution is 7.13. The van der Waals surface area contributed by atoms with Crippen molar-refractivity contribution in [2.24, 2.45) is 0 Å². The van der Waals surface area contributed by atoms with Gasteiger partial charge in [-0.2, -0.15) is 13.2 Å². The summed E-state index contributed by atoms with van der Waals surface area (Å²) in [6, 6.07) is 12.4. The number of ether oxygens (including phenoxy) is 1. The summed E-state index contributed by atoms with van der Waals surface area (Å²) in [5.74, 6) is 0.480. The molecule has 3 aromatic rings. The monoisotopic (exact) mass is 420 g/mol. The van der Waals surface area contributed by atoms with E-state index in [0.717, 1.165) is 28.5 Å². The lowest BCUT2D eigenvalue weighted by molar-refractivity contribution is -0.137. The minimum Gasteiger partial charge on any atom is -0.494 e. The Morgan fingerprint density at radius 2 is 1.93 bits per heavy atom. The molecule has 0 unspecified atom stereocenters. The summed E-state index contributed by atoms with van der Waals surface area (Å²) in [6.45, 7) is 2.54. The molecule has 0 fully saturated rings. The number of thiazole rings is 1. The molecule has 152 valence electrons. The SMILES string of the molecule is CCOc1ccc(-c2nc(CC(=O)NCc3cccc(C(F)(F)F)c3)cs2)cc1. The Morgan fingerprint density at radius 3 is 2.62 bits per heavy atom. The number of nitrogens with one attached hydrogen (secondary N) is 1. The average molecular weight is 420 g/mol. The van der Waals surface area contributed by atoms with E-state index in [9.17, 15) is 18.0 Å². The Morgan fingerprint density at radius 1 is 1.17 bits per heavy atom. The molecule has 2 aromatic carbocycles. The summed E-state index contributed by atoms with van der Waals surface area (Å²) in [5.41, 5.74) is 1.19. The van der Waals surface area contributed by atoms with Crippen LogP contribution in [0.2, 0.25) is 0 Å². The lowest BCUT2D eigenvalue weighted by atomic mass is 10.1. The lowest BCUT2D eigenvalue weighted by Gasteiger charge is -2.09. The van der Waals surface area contributed by atoms with E-state index in [2.05, 4.69) is 10.3 Å². The number of nitrogens with zero attached hydrogens (tertiary/aromatic N) is 1. The van der Waals surface area contributed by atoms with E-state index in [1.165, 1.54) is 17.4 Å². The summed E-state index contributed by atoms with van der Waals surface area (Å²) in [6.07, 6.45) is -4.34. The third kappa shape index (κ3) is 5.80. The van der Waals surface area contributed by atoms with Gasteiger partial charge in [-0.3, -0.25) is 4.79 Å². The van der Waals surface area contributed by atoms with E-state index in [1.54, 1.807) is 11.4 Å². The smallest absolute Gasteiger partial charge is 0.416 e. The van der Waals surface area contributed by atoms with Gasteiger partial charge in [-0.1, -0.05) is 12.1 Å². The summed E-state index contributed by atoms with van der Waals surface area (Å²) in [5, 5.41) is 5.23. The van der Waals surface area contributed by atoms with Crippen molar-refractivity contribution >= 4 is 17.2 Å². The summed E-state index contributed by atoms with van der Waals surface area (Å²) < 4.78 is 43.7. The number of carbonyl (C=O) groups excluding carboxylic acids is 1. The van der Waals surface area contributed by atoms with Crippen LogP contribution in [0, 0.1) is 0 Å². The second-order valence-corrected chi connectivity index (χ2v) is 7.11. The van der Waals surface area contributed by atoms with E-state index in [1.807, 2.05) is 31.2 Å². The maximum atomic E-state index is 12.8. The fourth-order valence-corrected chi connectivity index (χ4v) is 3.49. The normalized spacial score (nSPS) is 11.3. The third-order valence-electron chi connectivity index (χ3n) is 4.05. The summed E-state index contributed by atoms with van der Waals surface area (Å²) >= 11 is 1.43. The Kier molecular flexibility index (Phi) is 6.53. The molecule has 0 bridgehead atoms. The van der Waals surface area contributed by atoms with Crippen LogP contribution in [0.1, 0.15) is 23.7 Å². The largest absolute Gasteiger partial charge is 0.494 e. The Hall–Kier alpha value is -2.87. The number of rotatable bonds is 7.